The molecule has 0 spiro atoms. The lowest BCUT2D eigenvalue weighted by Crippen LogP contribution is -1.73. The smallest absolute Gasteiger partial charge is 0.0467 e. The van der Waals surface area contributed by atoms with Gasteiger partial charge in [0, 0.05) is 22.2 Å². The van der Waals surface area contributed by atoms with E-state index in [1.807, 2.05) is 19.1 Å². The number of aryl methyl sites for hydroxylation is 1. The lowest BCUT2D eigenvalue weighted by molar-refractivity contribution is 1.40. The molecule has 76 valence electrons. The van der Waals surface area contributed by atoms with Crippen LogP contribution in [0.4, 0.5) is 0 Å². The fraction of sp³-hybridized carbons (Fsp3) is 0.143. The zero-order chi connectivity index (χ0) is 10.8. The summed E-state index contributed by atoms with van der Waals surface area (Å²) < 4.78 is 0. The number of fused-ring (bicyclic) bond motifs is 1. The molecule has 1 aromatic carbocycles. The minimum absolute atomic E-state index is 1.13. The quantitative estimate of drug-likeness (QED) is 0.744. The number of H-pyrrole nitrogens is 1. The Morgan fingerprint density at radius 1 is 1.33 bits per heavy atom. The van der Waals surface area contributed by atoms with Crippen LogP contribution in [0.3, 0.4) is 0 Å². The molecule has 1 heteroatoms. The SMILES string of the molecule is C=Cc1c(/C=C\C)[nH]c2cc(C)ccc12. The Hall–Kier alpha value is -1.76. The van der Waals surface area contributed by atoms with Crippen LogP contribution in [0, 0.1) is 6.92 Å². The molecule has 15 heavy (non-hydrogen) atoms. The van der Waals surface area contributed by atoms with Crippen LogP contribution in [-0.4, -0.2) is 4.98 Å². The van der Waals surface area contributed by atoms with Crippen LogP contribution in [-0.2, 0) is 0 Å². The average molecular weight is 197 g/mol. The van der Waals surface area contributed by atoms with Gasteiger partial charge in [0.2, 0.25) is 0 Å². The van der Waals surface area contributed by atoms with Crippen molar-refractivity contribution in [2.45, 2.75) is 13.8 Å². The van der Waals surface area contributed by atoms with Gasteiger partial charge in [0.15, 0.2) is 0 Å². The standard InChI is InChI=1S/C14H15N/c1-4-6-13-11(5-2)12-8-7-10(3)9-14(12)15-13/h4-9,15H,2H2,1,3H3/b6-4-. The van der Waals surface area contributed by atoms with Gasteiger partial charge in [-0.3, -0.25) is 0 Å². The van der Waals surface area contributed by atoms with Crippen molar-refractivity contribution in [2.75, 3.05) is 0 Å². The third-order valence-electron chi connectivity index (χ3n) is 2.56. The fourth-order valence-corrected chi connectivity index (χ4v) is 1.87. The van der Waals surface area contributed by atoms with Crippen molar-refractivity contribution in [1.29, 1.82) is 0 Å². The van der Waals surface area contributed by atoms with E-state index in [0.29, 0.717) is 0 Å². The largest absolute Gasteiger partial charge is 0.355 e. The lowest BCUT2D eigenvalue weighted by atomic mass is 10.1. The van der Waals surface area contributed by atoms with Crippen molar-refractivity contribution in [2.24, 2.45) is 0 Å². The molecule has 1 nitrogen and oxygen atoms in total. The van der Waals surface area contributed by atoms with Crippen molar-refractivity contribution >= 4 is 23.1 Å². The van der Waals surface area contributed by atoms with E-state index < -0.39 is 0 Å². The maximum atomic E-state index is 3.86. The van der Waals surface area contributed by atoms with Gasteiger partial charge in [0.25, 0.3) is 0 Å². The summed E-state index contributed by atoms with van der Waals surface area (Å²) in [4.78, 5) is 3.40. The molecule has 0 amide bonds. The highest BCUT2D eigenvalue weighted by Gasteiger charge is 2.05. The van der Waals surface area contributed by atoms with Crippen LogP contribution in [0.5, 0.6) is 0 Å². The molecule has 0 saturated carbocycles. The molecule has 0 aliphatic heterocycles. The number of aromatic amines is 1. The van der Waals surface area contributed by atoms with E-state index in [0.717, 1.165) is 5.69 Å². The van der Waals surface area contributed by atoms with E-state index in [2.05, 4.69) is 42.8 Å². The van der Waals surface area contributed by atoms with Crippen molar-refractivity contribution in [3.63, 3.8) is 0 Å². The van der Waals surface area contributed by atoms with Crippen LogP contribution in [0.15, 0.2) is 30.9 Å². The normalized spacial score (nSPS) is 11.3. The zero-order valence-electron chi connectivity index (χ0n) is 9.17. The predicted octanol–water partition coefficient (Wildman–Crippen LogP) is 4.15. The molecular formula is C14H15N. The Labute approximate surface area is 90.1 Å². The van der Waals surface area contributed by atoms with E-state index in [4.69, 9.17) is 0 Å². The highest BCUT2D eigenvalue weighted by Crippen LogP contribution is 2.25. The van der Waals surface area contributed by atoms with Crippen LogP contribution in [0.2, 0.25) is 0 Å². The Kier molecular flexibility index (Phi) is 2.46. The monoisotopic (exact) mass is 197 g/mol. The number of nitrogens with one attached hydrogen (secondary N) is 1. The second kappa shape index (κ2) is 3.77. The first-order valence-electron chi connectivity index (χ1n) is 5.13. The molecule has 0 unspecified atom stereocenters. The van der Waals surface area contributed by atoms with E-state index >= 15 is 0 Å². The van der Waals surface area contributed by atoms with E-state index in [1.54, 1.807) is 0 Å². The number of aromatic nitrogens is 1. The molecule has 1 heterocycles. The molecule has 0 atom stereocenters. The maximum absolute atomic E-state index is 3.86. The van der Waals surface area contributed by atoms with Crippen LogP contribution >= 0.6 is 0 Å². The third kappa shape index (κ3) is 1.61. The average Bonchev–Trinajstić information content (AvgIpc) is 2.54. The second-order valence-corrected chi connectivity index (χ2v) is 3.71. The minimum Gasteiger partial charge on any atom is -0.355 e. The summed E-state index contributed by atoms with van der Waals surface area (Å²) in [6, 6.07) is 6.43. The Balaban J connectivity index is 2.78. The number of hydrogen-bond donors (Lipinski definition) is 1. The Morgan fingerprint density at radius 3 is 2.80 bits per heavy atom. The number of rotatable bonds is 2. The van der Waals surface area contributed by atoms with E-state index in [-0.39, 0.29) is 0 Å². The number of benzene rings is 1. The summed E-state index contributed by atoms with van der Waals surface area (Å²) in [6.07, 6.45) is 6.01. The molecule has 0 bridgehead atoms. The van der Waals surface area contributed by atoms with Gasteiger partial charge in [-0.15, -0.1) is 0 Å². The summed E-state index contributed by atoms with van der Waals surface area (Å²) >= 11 is 0. The fourth-order valence-electron chi connectivity index (χ4n) is 1.87. The molecule has 0 saturated heterocycles. The molecular weight excluding hydrogens is 182 g/mol. The maximum Gasteiger partial charge on any atom is 0.0467 e. The topological polar surface area (TPSA) is 15.8 Å². The minimum atomic E-state index is 1.13. The predicted molar refractivity (Wildman–Crippen MR) is 67.8 cm³/mol. The van der Waals surface area contributed by atoms with Gasteiger partial charge >= 0.3 is 0 Å². The molecule has 0 radical (unpaired) electrons. The van der Waals surface area contributed by atoms with Crippen molar-refractivity contribution in [3.05, 3.63) is 47.7 Å². The molecule has 2 aromatic rings. The summed E-state index contributed by atoms with van der Waals surface area (Å²) in [5.41, 5.74) is 4.76. The lowest BCUT2D eigenvalue weighted by Gasteiger charge is -1.93. The molecule has 0 aliphatic carbocycles. The Morgan fingerprint density at radius 2 is 2.13 bits per heavy atom. The molecule has 1 aromatic heterocycles. The van der Waals surface area contributed by atoms with Gasteiger partial charge in [0.1, 0.15) is 0 Å². The van der Waals surface area contributed by atoms with Gasteiger partial charge in [0.05, 0.1) is 0 Å². The number of hydrogen-bond acceptors (Lipinski definition) is 0. The van der Waals surface area contributed by atoms with Crippen molar-refractivity contribution in [3.8, 4) is 0 Å². The highest BCUT2D eigenvalue weighted by atomic mass is 14.7. The van der Waals surface area contributed by atoms with Gasteiger partial charge in [-0.25, -0.2) is 0 Å². The summed E-state index contributed by atoms with van der Waals surface area (Å²) in [6.45, 7) is 7.98. The van der Waals surface area contributed by atoms with Gasteiger partial charge in [-0.1, -0.05) is 30.9 Å². The van der Waals surface area contributed by atoms with Gasteiger partial charge < -0.3 is 4.98 Å². The molecule has 0 aliphatic rings. The van der Waals surface area contributed by atoms with Gasteiger partial charge in [-0.05, 0) is 31.6 Å². The molecule has 0 fully saturated rings. The first-order valence-corrected chi connectivity index (χ1v) is 5.13. The zero-order valence-corrected chi connectivity index (χ0v) is 9.17. The Bertz CT molecular complexity index is 530. The van der Waals surface area contributed by atoms with Crippen LogP contribution < -0.4 is 0 Å². The molecule has 1 N–H and O–H groups in total. The first-order chi connectivity index (χ1) is 7.26. The third-order valence-corrected chi connectivity index (χ3v) is 2.56. The summed E-state index contributed by atoms with van der Waals surface area (Å²) in [7, 11) is 0. The van der Waals surface area contributed by atoms with Crippen LogP contribution in [0.25, 0.3) is 23.1 Å². The molecule has 2 rings (SSSR count). The second-order valence-electron chi connectivity index (χ2n) is 3.71. The van der Waals surface area contributed by atoms with Crippen molar-refractivity contribution in [1.82, 2.24) is 4.98 Å². The summed E-state index contributed by atoms with van der Waals surface area (Å²) in [5, 5.41) is 1.24. The van der Waals surface area contributed by atoms with Crippen LogP contribution in [0.1, 0.15) is 23.7 Å². The highest BCUT2D eigenvalue weighted by molar-refractivity contribution is 5.93. The first kappa shape index (κ1) is 9.78. The van der Waals surface area contributed by atoms with Gasteiger partial charge in [-0.2, -0.15) is 0 Å². The number of allylic oxidation sites excluding steroid dienone is 1. The van der Waals surface area contributed by atoms with E-state index in [9.17, 15) is 0 Å². The van der Waals surface area contributed by atoms with Crippen molar-refractivity contribution < 1.29 is 0 Å². The van der Waals surface area contributed by atoms with E-state index in [1.165, 1.54) is 22.0 Å². The summed E-state index contributed by atoms with van der Waals surface area (Å²) in [5.74, 6) is 0.